The maximum Gasteiger partial charge on any atom is 0.233 e. The second kappa shape index (κ2) is 6.95. The van der Waals surface area contributed by atoms with Crippen LogP contribution >= 0.6 is 23.2 Å². The lowest BCUT2D eigenvalue weighted by atomic mass is 9.85. The van der Waals surface area contributed by atoms with Crippen LogP contribution in [0.3, 0.4) is 0 Å². The number of hydrogen-bond donors (Lipinski definition) is 1. The number of rotatable bonds is 4. The lowest BCUT2D eigenvalue weighted by molar-refractivity contribution is -0.140. The summed E-state index contributed by atoms with van der Waals surface area (Å²) in [6.45, 7) is 0.0781. The number of carbonyl (C=O) groups excluding carboxylic acids is 3. The minimum atomic E-state index is -0.326. The minimum absolute atomic E-state index is 0.0210. The highest BCUT2D eigenvalue weighted by Gasteiger charge is 2.46. The number of anilines is 1. The molecule has 1 saturated heterocycles. The number of hydrogen-bond acceptors (Lipinski definition) is 3. The molecule has 3 amide bonds. The van der Waals surface area contributed by atoms with E-state index in [1.807, 2.05) is 12.2 Å². The summed E-state index contributed by atoms with van der Waals surface area (Å²) in [5.41, 5.74) is 0.408. The monoisotopic (exact) mass is 366 g/mol. The molecule has 2 aliphatic rings. The molecule has 7 heteroatoms. The fourth-order valence-corrected chi connectivity index (χ4v) is 3.46. The first-order chi connectivity index (χ1) is 11.5. The number of imide groups is 1. The zero-order valence-electron chi connectivity index (χ0n) is 12.8. The smallest absolute Gasteiger partial charge is 0.233 e. The Labute approximate surface area is 149 Å². The van der Waals surface area contributed by atoms with Crippen LogP contribution in [0.2, 0.25) is 10.0 Å². The van der Waals surface area contributed by atoms with E-state index in [1.54, 1.807) is 18.2 Å². The molecule has 0 spiro atoms. The number of allylic oxidation sites excluding steroid dienone is 2. The largest absolute Gasteiger partial charge is 0.325 e. The summed E-state index contributed by atoms with van der Waals surface area (Å²) in [5.74, 6) is -1.22. The van der Waals surface area contributed by atoms with Crippen LogP contribution in [-0.4, -0.2) is 29.2 Å². The van der Waals surface area contributed by atoms with Gasteiger partial charge in [0.1, 0.15) is 0 Å². The fraction of sp³-hybridized carbons (Fsp3) is 0.353. The number of nitrogens with one attached hydrogen (secondary N) is 1. The van der Waals surface area contributed by atoms with Crippen LogP contribution in [0.15, 0.2) is 30.4 Å². The molecule has 126 valence electrons. The molecular weight excluding hydrogens is 351 g/mol. The van der Waals surface area contributed by atoms with Gasteiger partial charge in [-0.1, -0.05) is 41.4 Å². The van der Waals surface area contributed by atoms with Crippen LogP contribution in [0.5, 0.6) is 0 Å². The summed E-state index contributed by atoms with van der Waals surface area (Å²) in [7, 11) is 0. The fourth-order valence-electron chi connectivity index (χ4n) is 3.12. The van der Waals surface area contributed by atoms with E-state index in [1.165, 1.54) is 4.90 Å². The Kier molecular flexibility index (Phi) is 4.92. The van der Waals surface area contributed by atoms with Gasteiger partial charge in [0.15, 0.2) is 0 Å². The normalized spacial score (nSPS) is 22.7. The molecule has 2 atom stereocenters. The summed E-state index contributed by atoms with van der Waals surface area (Å²) in [6.07, 6.45) is 5.08. The molecular formula is C17H16Cl2N2O3. The van der Waals surface area contributed by atoms with Crippen molar-refractivity contribution >= 4 is 46.6 Å². The molecule has 3 rings (SSSR count). The van der Waals surface area contributed by atoms with E-state index < -0.39 is 0 Å². The Balaban J connectivity index is 1.59. The first kappa shape index (κ1) is 17.0. The molecule has 1 N–H and O–H groups in total. The van der Waals surface area contributed by atoms with Crippen LogP contribution in [0.4, 0.5) is 5.69 Å². The van der Waals surface area contributed by atoms with Gasteiger partial charge >= 0.3 is 0 Å². The number of halogens is 2. The van der Waals surface area contributed by atoms with Gasteiger partial charge in [-0.05, 0) is 25.0 Å². The van der Waals surface area contributed by atoms with Crippen LogP contribution in [0.25, 0.3) is 0 Å². The van der Waals surface area contributed by atoms with Gasteiger partial charge in [0.2, 0.25) is 17.7 Å². The van der Waals surface area contributed by atoms with Gasteiger partial charge in [0.05, 0.1) is 27.6 Å². The van der Waals surface area contributed by atoms with E-state index in [9.17, 15) is 14.4 Å². The lowest BCUT2D eigenvalue weighted by Gasteiger charge is -2.14. The SMILES string of the molecule is O=C(CCN1C(=O)[C@H]2CC=CC[C@@H]2C1=O)Nc1cccc(Cl)c1Cl. The van der Waals surface area contributed by atoms with Crippen LogP contribution in [0, 0.1) is 11.8 Å². The van der Waals surface area contributed by atoms with Crippen molar-refractivity contribution in [3.63, 3.8) is 0 Å². The molecule has 1 aliphatic heterocycles. The maximum atomic E-state index is 12.3. The van der Waals surface area contributed by atoms with Gasteiger partial charge in [-0.25, -0.2) is 0 Å². The molecule has 1 fully saturated rings. The standard InChI is InChI=1S/C17H16Cl2N2O3/c18-12-6-3-7-13(15(12)19)20-14(22)8-9-21-16(23)10-4-1-2-5-11(10)17(21)24/h1-3,6-7,10-11H,4-5,8-9H2,(H,20,22)/t10-,11-/m0/s1. The second-order valence-corrected chi connectivity index (χ2v) is 6.67. The third kappa shape index (κ3) is 3.19. The maximum absolute atomic E-state index is 12.3. The average Bonchev–Trinajstić information content (AvgIpc) is 2.82. The first-order valence-electron chi connectivity index (χ1n) is 7.73. The molecule has 1 aromatic rings. The minimum Gasteiger partial charge on any atom is -0.325 e. The molecule has 24 heavy (non-hydrogen) atoms. The number of carbonyl (C=O) groups is 3. The topological polar surface area (TPSA) is 66.5 Å². The van der Waals surface area contributed by atoms with Crippen molar-refractivity contribution in [2.45, 2.75) is 19.3 Å². The Morgan fingerprint density at radius 3 is 2.38 bits per heavy atom. The third-order valence-corrected chi connectivity index (χ3v) is 5.21. The zero-order valence-corrected chi connectivity index (χ0v) is 14.3. The van der Waals surface area contributed by atoms with Crippen molar-refractivity contribution in [3.8, 4) is 0 Å². The Hall–Kier alpha value is -1.85. The quantitative estimate of drug-likeness (QED) is 0.656. The van der Waals surface area contributed by atoms with Crippen molar-refractivity contribution in [1.82, 2.24) is 4.90 Å². The predicted octanol–water partition coefficient (Wildman–Crippen LogP) is 3.27. The van der Waals surface area contributed by atoms with Crippen LogP contribution in [0.1, 0.15) is 19.3 Å². The second-order valence-electron chi connectivity index (χ2n) is 5.88. The number of nitrogens with zero attached hydrogens (tertiary/aromatic N) is 1. The van der Waals surface area contributed by atoms with E-state index in [4.69, 9.17) is 23.2 Å². The lowest BCUT2D eigenvalue weighted by Crippen LogP contribution is -2.34. The summed E-state index contributed by atoms with van der Waals surface area (Å²) in [5, 5.41) is 3.26. The van der Waals surface area contributed by atoms with Gasteiger partial charge < -0.3 is 5.32 Å². The van der Waals surface area contributed by atoms with Crippen LogP contribution < -0.4 is 5.32 Å². The molecule has 0 unspecified atom stereocenters. The molecule has 0 radical (unpaired) electrons. The van der Waals surface area contributed by atoms with Crippen molar-refractivity contribution in [3.05, 3.63) is 40.4 Å². The number of amides is 3. The van der Waals surface area contributed by atoms with E-state index in [0.717, 1.165) is 0 Å². The Bertz CT molecular complexity index is 707. The molecule has 1 aromatic carbocycles. The molecule has 5 nitrogen and oxygen atoms in total. The van der Waals surface area contributed by atoms with Gasteiger partial charge in [-0.15, -0.1) is 0 Å². The van der Waals surface area contributed by atoms with Crippen molar-refractivity contribution in [2.24, 2.45) is 11.8 Å². The molecule has 1 aliphatic carbocycles. The third-order valence-electron chi connectivity index (χ3n) is 4.39. The van der Waals surface area contributed by atoms with Gasteiger partial charge in [0, 0.05) is 13.0 Å². The van der Waals surface area contributed by atoms with Crippen molar-refractivity contribution in [1.29, 1.82) is 0 Å². The highest BCUT2D eigenvalue weighted by Crippen LogP contribution is 2.35. The average molecular weight is 367 g/mol. The van der Waals surface area contributed by atoms with Crippen molar-refractivity contribution in [2.75, 3.05) is 11.9 Å². The molecule has 1 heterocycles. The molecule has 0 aromatic heterocycles. The number of fused-ring (bicyclic) bond motifs is 1. The predicted molar refractivity (Wildman–Crippen MR) is 91.8 cm³/mol. The molecule has 0 saturated carbocycles. The zero-order chi connectivity index (χ0) is 17.3. The van der Waals surface area contributed by atoms with Gasteiger partial charge in [0.25, 0.3) is 0 Å². The number of likely N-dealkylation sites (tertiary alicyclic amines) is 1. The molecule has 0 bridgehead atoms. The summed E-state index contributed by atoms with van der Waals surface area (Å²) in [4.78, 5) is 37.9. The van der Waals surface area contributed by atoms with E-state index in [0.29, 0.717) is 23.6 Å². The van der Waals surface area contributed by atoms with E-state index in [-0.39, 0.29) is 47.5 Å². The first-order valence-corrected chi connectivity index (χ1v) is 8.48. The van der Waals surface area contributed by atoms with Gasteiger partial charge in [-0.2, -0.15) is 0 Å². The van der Waals surface area contributed by atoms with Crippen LogP contribution in [-0.2, 0) is 14.4 Å². The van der Waals surface area contributed by atoms with Gasteiger partial charge in [-0.3, -0.25) is 19.3 Å². The van der Waals surface area contributed by atoms with Crippen molar-refractivity contribution < 1.29 is 14.4 Å². The summed E-state index contributed by atoms with van der Waals surface area (Å²) >= 11 is 11.9. The highest BCUT2D eigenvalue weighted by atomic mass is 35.5. The van der Waals surface area contributed by atoms with E-state index in [2.05, 4.69) is 5.32 Å². The Morgan fingerprint density at radius 2 is 1.75 bits per heavy atom. The summed E-state index contributed by atoms with van der Waals surface area (Å²) < 4.78 is 0. The Morgan fingerprint density at radius 1 is 1.12 bits per heavy atom. The number of benzene rings is 1. The van der Waals surface area contributed by atoms with E-state index >= 15 is 0 Å². The highest BCUT2D eigenvalue weighted by molar-refractivity contribution is 6.43. The summed E-state index contributed by atoms with van der Waals surface area (Å²) in [6, 6.07) is 4.93.